The molecule has 0 bridgehead atoms. The highest BCUT2D eigenvalue weighted by atomic mass is 16.5. The van der Waals surface area contributed by atoms with Gasteiger partial charge in [0.15, 0.2) is 0 Å². The molecule has 2 aliphatic rings. The van der Waals surface area contributed by atoms with E-state index >= 15 is 0 Å². The monoisotopic (exact) mass is 407 g/mol. The van der Waals surface area contributed by atoms with Crippen LogP contribution < -0.4 is 10.5 Å². The number of fused-ring (bicyclic) bond motifs is 1. The maximum absolute atomic E-state index is 13.2. The van der Waals surface area contributed by atoms with E-state index in [1.165, 1.54) is 5.56 Å². The van der Waals surface area contributed by atoms with Gasteiger partial charge in [0.25, 0.3) is 5.91 Å². The zero-order valence-electron chi connectivity index (χ0n) is 18.3. The molecular weight excluding hydrogens is 374 g/mol. The van der Waals surface area contributed by atoms with Crippen molar-refractivity contribution in [1.29, 1.82) is 0 Å². The summed E-state index contributed by atoms with van der Waals surface area (Å²) in [6, 6.07) is 14.3. The van der Waals surface area contributed by atoms with Gasteiger partial charge >= 0.3 is 0 Å². The second kappa shape index (κ2) is 8.78. The largest absolute Gasteiger partial charge is 0.497 e. The van der Waals surface area contributed by atoms with Gasteiger partial charge in [-0.15, -0.1) is 0 Å². The normalized spacial score (nSPS) is 22.2. The van der Waals surface area contributed by atoms with E-state index in [0.717, 1.165) is 61.6 Å². The summed E-state index contributed by atoms with van der Waals surface area (Å²) in [4.78, 5) is 17.8. The van der Waals surface area contributed by atoms with Crippen LogP contribution in [0.1, 0.15) is 39.5 Å². The lowest BCUT2D eigenvalue weighted by Crippen LogP contribution is -2.34. The molecular formula is C25H33N3O2. The molecule has 30 heavy (non-hydrogen) atoms. The Labute approximate surface area is 179 Å². The van der Waals surface area contributed by atoms with Crippen molar-refractivity contribution in [2.75, 3.05) is 39.8 Å². The third kappa shape index (κ3) is 4.23. The summed E-state index contributed by atoms with van der Waals surface area (Å²) in [5, 5.41) is 0. The van der Waals surface area contributed by atoms with Crippen molar-refractivity contribution < 1.29 is 9.53 Å². The molecule has 2 saturated heterocycles. The molecule has 2 aromatic carbocycles. The zero-order valence-corrected chi connectivity index (χ0v) is 18.3. The standard InChI is InChI=1S/C25H33N3O2/c1-17-11-22(30-3)12-18(2)24(17)25(29)28-15-20-13-27(14-21(20)16-28)10-9-23(26)19-7-5-4-6-8-19/h4-8,11-12,20-21,23H,9-10,13-16,26H2,1-3H3/t20?,21?,23-/m0/s1. The molecule has 0 saturated carbocycles. The molecule has 1 amide bonds. The first-order chi connectivity index (χ1) is 14.5. The number of rotatable bonds is 6. The molecule has 3 atom stereocenters. The summed E-state index contributed by atoms with van der Waals surface area (Å²) in [5.74, 6) is 2.12. The van der Waals surface area contributed by atoms with Crippen molar-refractivity contribution in [2.24, 2.45) is 17.6 Å². The van der Waals surface area contributed by atoms with Gasteiger partial charge in [-0.25, -0.2) is 0 Å². The first kappa shape index (κ1) is 20.9. The lowest BCUT2D eigenvalue weighted by Gasteiger charge is -2.24. The van der Waals surface area contributed by atoms with Crippen molar-refractivity contribution in [3.8, 4) is 5.75 Å². The summed E-state index contributed by atoms with van der Waals surface area (Å²) < 4.78 is 5.34. The molecule has 4 rings (SSSR count). The first-order valence-corrected chi connectivity index (χ1v) is 10.9. The number of methoxy groups -OCH3 is 1. The van der Waals surface area contributed by atoms with Crippen LogP contribution in [0.2, 0.25) is 0 Å². The minimum Gasteiger partial charge on any atom is -0.497 e. The number of likely N-dealkylation sites (tertiary alicyclic amines) is 2. The van der Waals surface area contributed by atoms with Gasteiger partial charge in [-0.05, 0) is 67.5 Å². The van der Waals surface area contributed by atoms with Crippen LogP contribution in [0.4, 0.5) is 0 Å². The average molecular weight is 408 g/mol. The van der Waals surface area contributed by atoms with E-state index in [0.29, 0.717) is 11.8 Å². The Hall–Kier alpha value is -2.37. The van der Waals surface area contributed by atoms with Crippen LogP contribution in [0, 0.1) is 25.7 Å². The van der Waals surface area contributed by atoms with Crippen molar-refractivity contribution in [2.45, 2.75) is 26.3 Å². The number of amides is 1. The topological polar surface area (TPSA) is 58.8 Å². The highest BCUT2D eigenvalue weighted by Gasteiger charge is 2.41. The Morgan fingerprint density at radius 2 is 1.67 bits per heavy atom. The van der Waals surface area contributed by atoms with Crippen LogP contribution >= 0.6 is 0 Å². The summed E-state index contributed by atoms with van der Waals surface area (Å²) in [5.41, 5.74) is 10.4. The van der Waals surface area contributed by atoms with Crippen LogP contribution in [0.25, 0.3) is 0 Å². The van der Waals surface area contributed by atoms with Crippen molar-refractivity contribution in [3.63, 3.8) is 0 Å². The minimum atomic E-state index is 0.0886. The van der Waals surface area contributed by atoms with Crippen LogP contribution in [0.15, 0.2) is 42.5 Å². The van der Waals surface area contributed by atoms with Crippen molar-refractivity contribution in [1.82, 2.24) is 9.80 Å². The van der Waals surface area contributed by atoms with Gasteiger partial charge in [0.05, 0.1) is 7.11 Å². The van der Waals surface area contributed by atoms with Gasteiger partial charge in [0, 0.05) is 37.8 Å². The molecule has 2 unspecified atom stereocenters. The van der Waals surface area contributed by atoms with Crippen molar-refractivity contribution >= 4 is 5.91 Å². The fraction of sp³-hybridized carbons (Fsp3) is 0.480. The number of carbonyl (C=O) groups excluding carboxylic acids is 1. The second-order valence-corrected chi connectivity index (χ2v) is 8.93. The Bertz CT molecular complexity index is 862. The number of nitrogens with two attached hydrogens (primary N) is 1. The zero-order chi connectivity index (χ0) is 21.3. The maximum Gasteiger partial charge on any atom is 0.254 e. The molecule has 2 aromatic rings. The fourth-order valence-corrected chi connectivity index (χ4v) is 5.16. The number of hydrogen-bond donors (Lipinski definition) is 1. The molecule has 0 radical (unpaired) electrons. The van der Waals surface area contributed by atoms with Gasteiger partial charge in [-0.2, -0.15) is 0 Å². The fourth-order valence-electron chi connectivity index (χ4n) is 5.16. The third-order valence-corrected chi connectivity index (χ3v) is 6.79. The van der Waals surface area contributed by atoms with Gasteiger partial charge in [0.1, 0.15) is 5.75 Å². The molecule has 0 spiro atoms. The Morgan fingerprint density at radius 1 is 1.07 bits per heavy atom. The Morgan fingerprint density at radius 3 is 2.23 bits per heavy atom. The van der Waals surface area contributed by atoms with Crippen LogP contribution in [-0.4, -0.2) is 55.5 Å². The molecule has 5 heteroatoms. The third-order valence-electron chi connectivity index (χ3n) is 6.79. The van der Waals surface area contributed by atoms with E-state index in [4.69, 9.17) is 10.5 Å². The lowest BCUT2D eigenvalue weighted by molar-refractivity contribution is 0.0772. The van der Waals surface area contributed by atoms with Gasteiger partial charge in [-0.3, -0.25) is 4.79 Å². The number of nitrogens with zero attached hydrogens (tertiary/aromatic N) is 2. The van der Waals surface area contributed by atoms with E-state index in [9.17, 15) is 4.79 Å². The number of carbonyl (C=O) groups is 1. The molecule has 0 aromatic heterocycles. The smallest absolute Gasteiger partial charge is 0.254 e. The van der Waals surface area contributed by atoms with Gasteiger partial charge < -0.3 is 20.3 Å². The Kier molecular flexibility index (Phi) is 6.11. The van der Waals surface area contributed by atoms with E-state index in [1.807, 2.05) is 44.2 Å². The molecule has 2 N–H and O–H groups in total. The molecule has 2 heterocycles. The van der Waals surface area contributed by atoms with E-state index in [2.05, 4.69) is 21.9 Å². The lowest BCUT2D eigenvalue weighted by atomic mass is 10.0. The summed E-state index contributed by atoms with van der Waals surface area (Å²) >= 11 is 0. The summed E-state index contributed by atoms with van der Waals surface area (Å²) in [7, 11) is 1.66. The number of hydrogen-bond acceptors (Lipinski definition) is 4. The quantitative estimate of drug-likeness (QED) is 0.797. The molecule has 2 fully saturated rings. The SMILES string of the molecule is COc1cc(C)c(C(=O)N2CC3CN(CC[C@H](N)c4ccccc4)CC3C2)c(C)c1. The van der Waals surface area contributed by atoms with E-state index in [1.54, 1.807) is 7.11 Å². The predicted octanol–water partition coefficient (Wildman–Crippen LogP) is 3.41. The highest BCUT2D eigenvalue weighted by Crippen LogP contribution is 2.33. The molecule has 2 aliphatic heterocycles. The number of ether oxygens (including phenoxy) is 1. The van der Waals surface area contributed by atoms with E-state index in [-0.39, 0.29) is 11.9 Å². The molecule has 0 aliphatic carbocycles. The predicted molar refractivity (Wildman–Crippen MR) is 120 cm³/mol. The minimum absolute atomic E-state index is 0.0886. The second-order valence-electron chi connectivity index (χ2n) is 8.93. The van der Waals surface area contributed by atoms with Crippen molar-refractivity contribution in [3.05, 3.63) is 64.7 Å². The summed E-state index contributed by atoms with van der Waals surface area (Å²) in [6.45, 7) is 8.86. The van der Waals surface area contributed by atoms with Crippen LogP contribution in [-0.2, 0) is 0 Å². The van der Waals surface area contributed by atoms with E-state index < -0.39 is 0 Å². The first-order valence-electron chi connectivity index (χ1n) is 10.9. The van der Waals surface area contributed by atoms with Crippen LogP contribution in [0.5, 0.6) is 5.75 Å². The number of aryl methyl sites for hydroxylation is 2. The van der Waals surface area contributed by atoms with Gasteiger partial charge in [0.2, 0.25) is 0 Å². The van der Waals surface area contributed by atoms with Gasteiger partial charge in [-0.1, -0.05) is 30.3 Å². The molecule has 5 nitrogen and oxygen atoms in total. The Balaban J connectivity index is 1.32. The van der Waals surface area contributed by atoms with Crippen LogP contribution in [0.3, 0.4) is 0 Å². The number of benzene rings is 2. The molecule has 160 valence electrons. The maximum atomic E-state index is 13.2. The average Bonchev–Trinajstić information content (AvgIpc) is 3.30. The summed E-state index contributed by atoms with van der Waals surface area (Å²) in [6.07, 6.45) is 0.969. The highest BCUT2D eigenvalue weighted by molar-refractivity contribution is 5.97.